The van der Waals surface area contributed by atoms with Gasteiger partial charge in [-0.05, 0) is 31.2 Å². The van der Waals surface area contributed by atoms with Gasteiger partial charge in [0.2, 0.25) is 10.0 Å². The number of benzene rings is 2. The molecule has 0 radical (unpaired) electrons. The van der Waals surface area contributed by atoms with Gasteiger partial charge in [0.15, 0.2) is 0 Å². The van der Waals surface area contributed by atoms with Crippen molar-refractivity contribution in [3.05, 3.63) is 70.3 Å². The first-order valence-corrected chi connectivity index (χ1v) is 9.56. The summed E-state index contributed by atoms with van der Waals surface area (Å²) in [6.45, 7) is 1.50. The van der Waals surface area contributed by atoms with E-state index in [-0.39, 0.29) is 36.0 Å². The van der Waals surface area contributed by atoms with Gasteiger partial charge in [-0.25, -0.2) is 18.1 Å². The number of fused-ring (bicyclic) bond motifs is 1. The average molecular weight is 373 g/mol. The smallest absolute Gasteiger partial charge is 0.261 e. The predicted molar refractivity (Wildman–Crippen MR) is 98.3 cm³/mol. The van der Waals surface area contributed by atoms with Crippen molar-refractivity contribution in [2.75, 3.05) is 6.61 Å². The molecular formula is C18H19N3O4S. The van der Waals surface area contributed by atoms with Gasteiger partial charge in [-0.2, -0.15) is 0 Å². The van der Waals surface area contributed by atoms with E-state index in [1.165, 1.54) is 16.7 Å². The molecule has 2 aromatic carbocycles. The van der Waals surface area contributed by atoms with E-state index in [9.17, 15) is 18.3 Å². The molecule has 26 heavy (non-hydrogen) atoms. The number of rotatable bonds is 6. The van der Waals surface area contributed by atoms with Gasteiger partial charge in [0.1, 0.15) is 5.82 Å². The first-order valence-electron chi connectivity index (χ1n) is 8.08. The Labute approximate surface area is 151 Å². The van der Waals surface area contributed by atoms with Crippen LogP contribution in [-0.4, -0.2) is 29.7 Å². The number of hydrogen-bond acceptors (Lipinski definition) is 5. The van der Waals surface area contributed by atoms with Crippen molar-refractivity contribution in [3.8, 4) is 0 Å². The fourth-order valence-corrected chi connectivity index (χ4v) is 3.62. The van der Waals surface area contributed by atoms with Gasteiger partial charge in [0.05, 0.1) is 35.5 Å². The Balaban J connectivity index is 1.96. The van der Waals surface area contributed by atoms with E-state index in [0.29, 0.717) is 10.9 Å². The second-order valence-corrected chi connectivity index (χ2v) is 7.63. The molecule has 2 N–H and O–H groups in total. The number of hydrogen-bond donors (Lipinski definition) is 2. The standard InChI is InChI=1S/C18H19N3O4S/c1-13-6-8-14(9-7-13)26(24,25)19-12-17-20-16-5-3-2-4-15(16)18(23)21(17)10-11-22/h2-9,19,22H,10-12H2,1H3. The molecule has 0 aliphatic heterocycles. The normalized spacial score (nSPS) is 11.8. The molecular weight excluding hydrogens is 354 g/mol. The maximum absolute atomic E-state index is 12.6. The summed E-state index contributed by atoms with van der Waals surface area (Å²) in [6, 6.07) is 13.3. The summed E-state index contributed by atoms with van der Waals surface area (Å²) in [4.78, 5) is 17.1. The highest BCUT2D eigenvalue weighted by Crippen LogP contribution is 2.12. The number of aryl methyl sites for hydroxylation is 1. The molecule has 3 rings (SSSR count). The zero-order valence-electron chi connectivity index (χ0n) is 14.2. The van der Waals surface area contributed by atoms with Crippen LogP contribution in [0.5, 0.6) is 0 Å². The third kappa shape index (κ3) is 3.67. The Kier molecular flexibility index (Phi) is 5.17. The molecule has 0 saturated heterocycles. The maximum atomic E-state index is 12.6. The molecule has 0 unspecified atom stereocenters. The number of aliphatic hydroxyl groups excluding tert-OH is 1. The highest BCUT2D eigenvalue weighted by atomic mass is 32.2. The molecule has 0 amide bonds. The van der Waals surface area contributed by atoms with Crippen LogP contribution in [-0.2, 0) is 23.1 Å². The Hall–Kier alpha value is -2.55. The molecule has 0 atom stereocenters. The second kappa shape index (κ2) is 7.36. The molecule has 0 fully saturated rings. The number of sulfonamides is 1. The third-order valence-corrected chi connectivity index (χ3v) is 5.43. The lowest BCUT2D eigenvalue weighted by molar-refractivity contribution is 0.271. The van der Waals surface area contributed by atoms with Crippen LogP contribution in [0.3, 0.4) is 0 Å². The maximum Gasteiger partial charge on any atom is 0.261 e. The lowest BCUT2D eigenvalue weighted by Gasteiger charge is -2.13. The van der Waals surface area contributed by atoms with Crippen molar-refractivity contribution < 1.29 is 13.5 Å². The van der Waals surface area contributed by atoms with Crippen molar-refractivity contribution in [1.29, 1.82) is 0 Å². The molecule has 0 bridgehead atoms. The molecule has 1 aromatic heterocycles. The molecule has 3 aromatic rings. The van der Waals surface area contributed by atoms with Crippen molar-refractivity contribution in [3.63, 3.8) is 0 Å². The SMILES string of the molecule is Cc1ccc(S(=O)(=O)NCc2nc3ccccc3c(=O)n2CCO)cc1. The Morgan fingerprint density at radius 1 is 1.12 bits per heavy atom. The van der Waals surface area contributed by atoms with Gasteiger partial charge in [0.25, 0.3) is 5.56 Å². The van der Waals surface area contributed by atoms with Crippen LogP contribution in [0.1, 0.15) is 11.4 Å². The zero-order chi connectivity index (χ0) is 18.7. The average Bonchev–Trinajstić information content (AvgIpc) is 2.63. The third-order valence-electron chi connectivity index (χ3n) is 4.02. The van der Waals surface area contributed by atoms with Crippen molar-refractivity contribution >= 4 is 20.9 Å². The van der Waals surface area contributed by atoms with Crippen LogP contribution in [0, 0.1) is 6.92 Å². The monoisotopic (exact) mass is 373 g/mol. The second-order valence-electron chi connectivity index (χ2n) is 5.86. The van der Waals surface area contributed by atoms with Crippen LogP contribution < -0.4 is 10.3 Å². The Bertz CT molecular complexity index is 1090. The van der Waals surface area contributed by atoms with Crippen LogP contribution >= 0.6 is 0 Å². The summed E-state index contributed by atoms with van der Waals surface area (Å²) in [6.07, 6.45) is 0. The fraction of sp³-hybridized carbons (Fsp3) is 0.222. The van der Waals surface area contributed by atoms with E-state index >= 15 is 0 Å². The van der Waals surface area contributed by atoms with E-state index in [1.54, 1.807) is 36.4 Å². The molecule has 1 heterocycles. The number of para-hydroxylation sites is 1. The van der Waals surface area contributed by atoms with Crippen LogP contribution in [0.2, 0.25) is 0 Å². The molecule has 0 aliphatic carbocycles. The summed E-state index contributed by atoms with van der Waals surface area (Å²) in [5.74, 6) is 0.249. The molecule has 0 spiro atoms. The highest BCUT2D eigenvalue weighted by molar-refractivity contribution is 7.89. The lowest BCUT2D eigenvalue weighted by Crippen LogP contribution is -2.31. The van der Waals surface area contributed by atoms with Crippen LogP contribution in [0.15, 0.2) is 58.2 Å². The Morgan fingerprint density at radius 2 is 1.81 bits per heavy atom. The first-order chi connectivity index (χ1) is 12.4. The van der Waals surface area contributed by atoms with E-state index in [4.69, 9.17) is 0 Å². The minimum Gasteiger partial charge on any atom is -0.395 e. The molecule has 0 saturated carbocycles. The van der Waals surface area contributed by atoms with E-state index in [0.717, 1.165) is 5.56 Å². The number of aliphatic hydroxyl groups is 1. The highest BCUT2D eigenvalue weighted by Gasteiger charge is 2.16. The van der Waals surface area contributed by atoms with Gasteiger partial charge in [0, 0.05) is 0 Å². The number of nitrogens with zero attached hydrogens (tertiary/aromatic N) is 2. The minimum atomic E-state index is -3.74. The quantitative estimate of drug-likeness (QED) is 0.676. The zero-order valence-corrected chi connectivity index (χ0v) is 15.0. The first kappa shape index (κ1) is 18.2. The van der Waals surface area contributed by atoms with E-state index in [1.807, 2.05) is 6.92 Å². The van der Waals surface area contributed by atoms with Crippen LogP contribution in [0.25, 0.3) is 10.9 Å². The topological polar surface area (TPSA) is 101 Å². The summed E-state index contributed by atoms with van der Waals surface area (Å²) in [7, 11) is -3.74. The van der Waals surface area contributed by atoms with E-state index < -0.39 is 10.0 Å². The molecule has 136 valence electrons. The summed E-state index contributed by atoms with van der Waals surface area (Å²) >= 11 is 0. The summed E-state index contributed by atoms with van der Waals surface area (Å²) in [5, 5.41) is 9.67. The molecule has 0 aliphatic rings. The van der Waals surface area contributed by atoms with Crippen LogP contribution in [0.4, 0.5) is 0 Å². The molecule has 8 heteroatoms. The largest absolute Gasteiger partial charge is 0.395 e. The van der Waals surface area contributed by atoms with Crippen molar-refractivity contribution in [2.24, 2.45) is 0 Å². The minimum absolute atomic E-state index is 0.0399. The van der Waals surface area contributed by atoms with Gasteiger partial charge in [-0.15, -0.1) is 0 Å². The fourth-order valence-electron chi connectivity index (χ4n) is 2.64. The van der Waals surface area contributed by atoms with Gasteiger partial charge in [-0.3, -0.25) is 9.36 Å². The van der Waals surface area contributed by atoms with Gasteiger partial charge < -0.3 is 5.11 Å². The van der Waals surface area contributed by atoms with Gasteiger partial charge >= 0.3 is 0 Å². The predicted octanol–water partition coefficient (Wildman–Crippen LogP) is 1.18. The van der Waals surface area contributed by atoms with Gasteiger partial charge in [-0.1, -0.05) is 29.8 Å². The lowest BCUT2D eigenvalue weighted by atomic mass is 10.2. The van der Waals surface area contributed by atoms with Crippen molar-refractivity contribution in [1.82, 2.24) is 14.3 Å². The summed E-state index contributed by atoms with van der Waals surface area (Å²) < 4.78 is 28.7. The van der Waals surface area contributed by atoms with Crippen molar-refractivity contribution in [2.45, 2.75) is 24.9 Å². The summed E-state index contributed by atoms with van der Waals surface area (Å²) in [5.41, 5.74) is 1.13. The van der Waals surface area contributed by atoms with E-state index in [2.05, 4.69) is 9.71 Å². The Morgan fingerprint density at radius 3 is 2.50 bits per heavy atom. The molecule has 7 nitrogen and oxygen atoms in total. The number of aromatic nitrogens is 2. The number of nitrogens with one attached hydrogen (secondary N) is 1.